The Morgan fingerprint density at radius 3 is 2.45 bits per heavy atom. The Hall–Kier alpha value is -1.10. The fourth-order valence-corrected chi connectivity index (χ4v) is 1.26. The Bertz CT molecular complexity index is 196. The Morgan fingerprint density at radius 1 is 1.36 bits per heavy atom. The Labute approximate surface area is 63.7 Å². The van der Waals surface area contributed by atoms with Gasteiger partial charge in [0.2, 0.25) is 5.91 Å². The van der Waals surface area contributed by atoms with Crippen molar-refractivity contribution in [3.63, 3.8) is 0 Å². The lowest BCUT2D eigenvalue weighted by Crippen LogP contribution is -2.59. The van der Waals surface area contributed by atoms with E-state index in [1.165, 1.54) is 4.90 Å². The van der Waals surface area contributed by atoms with E-state index in [1.807, 2.05) is 0 Å². The smallest absolute Gasteiger partial charge is 0.324 e. The first-order chi connectivity index (χ1) is 5.29. The largest absolute Gasteiger partial charge is 0.329 e. The van der Waals surface area contributed by atoms with Gasteiger partial charge in [0.1, 0.15) is 0 Å². The van der Waals surface area contributed by atoms with Crippen LogP contribution in [0.2, 0.25) is 0 Å². The van der Waals surface area contributed by atoms with Crippen LogP contribution in [0.25, 0.3) is 0 Å². The summed E-state index contributed by atoms with van der Waals surface area (Å²) in [6, 6.07) is -0.161. The van der Waals surface area contributed by atoms with Crippen LogP contribution in [0.15, 0.2) is 0 Å². The summed E-state index contributed by atoms with van der Waals surface area (Å²) < 4.78 is 0. The zero-order valence-electron chi connectivity index (χ0n) is 5.96. The van der Waals surface area contributed by atoms with Gasteiger partial charge in [0.15, 0.2) is 0 Å². The Morgan fingerprint density at radius 2 is 2.09 bits per heavy atom. The van der Waals surface area contributed by atoms with Gasteiger partial charge in [-0.2, -0.15) is 0 Å². The molecule has 0 atom stereocenters. The minimum absolute atomic E-state index is 0.0880. The van der Waals surface area contributed by atoms with Crippen LogP contribution in [-0.4, -0.2) is 42.5 Å². The van der Waals surface area contributed by atoms with Crippen molar-refractivity contribution >= 4 is 11.9 Å². The monoisotopic (exact) mass is 155 g/mol. The number of imide groups is 1. The quantitative estimate of drug-likeness (QED) is 0.453. The number of urea groups is 1. The number of carbonyl (C=O) groups is 2. The van der Waals surface area contributed by atoms with Crippen molar-refractivity contribution in [3.05, 3.63) is 0 Å². The summed E-state index contributed by atoms with van der Waals surface area (Å²) >= 11 is 0. The van der Waals surface area contributed by atoms with E-state index in [-0.39, 0.29) is 24.5 Å². The third-order valence-electron chi connectivity index (χ3n) is 2.00. The topological polar surface area (TPSA) is 61.4 Å². The molecule has 2 fully saturated rings. The standard InChI is InChI=1S/C6H9N3O2/c10-5-3-8-6(11)9(5)4-1-7-2-4/h4,7H,1-3H2,(H,8,11). The first-order valence-electron chi connectivity index (χ1n) is 3.59. The average molecular weight is 155 g/mol. The molecule has 11 heavy (non-hydrogen) atoms. The minimum atomic E-state index is -0.249. The molecule has 0 radical (unpaired) electrons. The lowest BCUT2D eigenvalue weighted by molar-refractivity contribution is -0.127. The highest BCUT2D eigenvalue weighted by Gasteiger charge is 2.37. The molecule has 0 aromatic heterocycles. The van der Waals surface area contributed by atoms with E-state index >= 15 is 0 Å². The summed E-state index contributed by atoms with van der Waals surface area (Å²) in [5.74, 6) is -0.110. The molecule has 2 aliphatic heterocycles. The zero-order valence-corrected chi connectivity index (χ0v) is 5.96. The molecule has 2 N–H and O–H groups in total. The van der Waals surface area contributed by atoms with E-state index < -0.39 is 0 Å². The van der Waals surface area contributed by atoms with Crippen LogP contribution in [0.1, 0.15) is 0 Å². The first-order valence-corrected chi connectivity index (χ1v) is 3.59. The summed E-state index contributed by atoms with van der Waals surface area (Å²) in [6.07, 6.45) is 0. The van der Waals surface area contributed by atoms with E-state index in [1.54, 1.807) is 0 Å². The molecule has 0 aromatic carbocycles. The zero-order chi connectivity index (χ0) is 7.84. The van der Waals surface area contributed by atoms with Gasteiger partial charge in [-0.05, 0) is 0 Å². The molecular formula is C6H9N3O2. The van der Waals surface area contributed by atoms with Crippen molar-refractivity contribution in [3.8, 4) is 0 Å². The number of amides is 3. The number of hydrogen-bond acceptors (Lipinski definition) is 3. The molecule has 5 heteroatoms. The molecule has 60 valence electrons. The second-order valence-electron chi connectivity index (χ2n) is 2.73. The molecule has 0 aromatic rings. The lowest BCUT2D eigenvalue weighted by atomic mass is 10.1. The number of nitrogens with zero attached hydrogens (tertiary/aromatic N) is 1. The predicted molar refractivity (Wildman–Crippen MR) is 36.9 cm³/mol. The van der Waals surface area contributed by atoms with Gasteiger partial charge >= 0.3 is 6.03 Å². The molecule has 2 aliphatic rings. The molecule has 0 saturated carbocycles. The van der Waals surface area contributed by atoms with Gasteiger partial charge in [-0.25, -0.2) is 4.79 Å². The fraction of sp³-hybridized carbons (Fsp3) is 0.667. The molecule has 0 bridgehead atoms. The minimum Gasteiger partial charge on any atom is -0.329 e. The van der Waals surface area contributed by atoms with Crippen LogP contribution in [0.5, 0.6) is 0 Å². The molecule has 0 spiro atoms. The maximum atomic E-state index is 11.0. The number of rotatable bonds is 1. The predicted octanol–water partition coefficient (Wildman–Crippen LogP) is -1.49. The summed E-state index contributed by atoms with van der Waals surface area (Å²) in [5.41, 5.74) is 0. The number of hydrogen-bond donors (Lipinski definition) is 2. The number of nitrogens with one attached hydrogen (secondary N) is 2. The number of carbonyl (C=O) groups excluding carboxylic acids is 2. The summed E-state index contributed by atoms with van der Waals surface area (Å²) in [5, 5.41) is 5.48. The Balaban J connectivity index is 2.09. The maximum Gasteiger partial charge on any atom is 0.324 e. The van der Waals surface area contributed by atoms with Crippen LogP contribution >= 0.6 is 0 Å². The highest BCUT2D eigenvalue weighted by Crippen LogP contribution is 2.08. The second kappa shape index (κ2) is 2.20. The van der Waals surface area contributed by atoms with Gasteiger partial charge in [0, 0.05) is 13.1 Å². The highest BCUT2D eigenvalue weighted by atomic mass is 16.2. The average Bonchev–Trinajstić information content (AvgIpc) is 2.15. The summed E-state index contributed by atoms with van der Waals surface area (Å²) in [7, 11) is 0. The molecule has 3 amide bonds. The molecule has 2 saturated heterocycles. The van der Waals surface area contributed by atoms with Crippen molar-refractivity contribution in [2.75, 3.05) is 19.6 Å². The normalized spacial score (nSPS) is 25.3. The molecule has 2 heterocycles. The maximum absolute atomic E-state index is 11.0. The van der Waals surface area contributed by atoms with Crippen LogP contribution in [0.4, 0.5) is 4.79 Å². The van der Waals surface area contributed by atoms with Gasteiger partial charge in [-0.15, -0.1) is 0 Å². The first kappa shape index (κ1) is 6.60. The van der Waals surface area contributed by atoms with Gasteiger partial charge in [0.05, 0.1) is 12.6 Å². The second-order valence-corrected chi connectivity index (χ2v) is 2.73. The highest BCUT2D eigenvalue weighted by molar-refractivity contribution is 6.02. The fourth-order valence-electron chi connectivity index (χ4n) is 1.26. The van der Waals surface area contributed by atoms with Gasteiger partial charge < -0.3 is 10.6 Å². The van der Waals surface area contributed by atoms with Gasteiger partial charge in [0.25, 0.3) is 0 Å². The van der Waals surface area contributed by atoms with Crippen molar-refractivity contribution < 1.29 is 9.59 Å². The van der Waals surface area contributed by atoms with E-state index in [0.717, 1.165) is 13.1 Å². The molecule has 5 nitrogen and oxygen atoms in total. The Kier molecular flexibility index (Phi) is 1.32. The van der Waals surface area contributed by atoms with Crippen molar-refractivity contribution in [2.24, 2.45) is 0 Å². The van der Waals surface area contributed by atoms with Crippen LogP contribution in [0, 0.1) is 0 Å². The molecule has 0 aliphatic carbocycles. The third-order valence-corrected chi connectivity index (χ3v) is 2.00. The van der Waals surface area contributed by atoms with Crippen molar-refractivity contribution in [1.82, 2.24) is 15.5 Å². The van der Waals surface area contributed by atoms with Gasteiger partial charge in [-0.1, -0.05) is 0 Å². The lowest BCUT2D eigenvalue weighted by Gasteiger charge is -2.32. The van der Waals surface area contributed by atoms with E-state index in [0.29, 0.717) is 0 Å². The van der Waals surface area contributed by atoms with Crippen LogP contribution in [0.3, 0.4) is 0 Å². The summed E-state index contributed by atoms with van der Waals surface area (Å²) in [6.45, 7) is 1.63. The third kappa shape index (κ3) is 0.883. The van der Waals surface area contributed by atoms with Crippen LogP contribution < -0.4 is 10.6 Å². The molecule has 2 rings (SSSR count). The van der Waals surface area contributed by atoms with Gasteiger partial charge in [-0.3, -0.25) is 9.69 Å². The molecular weight excluding hydrogens is 146 g/mol. The van der Waals surface area contributed by atoms with Crippen molar-refractivity contribution in [1.29, 1.82) is 0 Å². The molecule has 0 unspecified atom stereocenters. The van der Waals surface area contributed by atoms with E-state index in [2.05, 4.69) is 10.6 Å². The summed E-state index contributed by atoms with van der Waals surface area (Å²) in [4.78, 5) is 23.3. The van der Waals surface area contributed by atoms with Crippen molar-refractivity contribution in [2.45, 2.75) is 6.04 Å². The van der Waals surface area contributed by atoms with E-state index in [9.17, 15) is 9.59 Å². The SMILES string of the molecule is O=C1CNC(=O)N1C1CNC1. The van der Waals surface area contributed by atoms with E-state index in [4.69, 9.17) is 0 Å². The van der Waals surface area contributed by atoms with Crippen LogP contribution in [-0.2, 0) is 4.79 Å².